The summed E-state index contributed by atoms with van der Waals surface area (Å²) in [4.78, 5) is 14.5. The molecular weight excluding hydrogens is 220 g/mol. The third-order valence-corrected chi connectivity index (χ3v) is 1.87. The van der Waals surface area contributed by atoms with Crippen molar-refractivity contribution >= 4 is 29.5 Å². The lowest BCUT2D eigenvalue weighted by Gasteiger charge is -1.91. The summed E-state index contributed by atoms with van der Waals surface area (Å²) in [5, 5.41) is 9.37. The van der Waals surface area contributed by atoms with Gasteiger partial charge >= 0.3 is 5.97 Å². The highest BCUT2D eigenvalue weighted by Gasteiger charge is 2.08. The van der Waals surface area contributed by atoms with Gasteiger partial charge in [-0.1, -0.05) is 0 Å². The Hall–Kier alpha value is -1.59. The smallest absolute Gasteiger partial charge is 0.337 e. The molecule has 0 aliphatic carbocycles. The molecule has 0 saturated carbocycles. The first kappa shape index (κ1) is 11.5. The van der Waals surface area contributed by atoms with Crippen molar-refractivity contribution in [3.8, 4) is 0 Å². The Morgan fingerprint density at radius 1 is 1.53 bits per heavy atom. The Morgan fingerprint density at radius 3 is 2.87 bits per heavy atom. The molecule has 0 aliphatic heterocycles. The van der Waals surface area contributed by atoms with Crippen LogP contribution in [0.25, 0.3) is 11.1 Å². The van der Waals surface area contributed by atoms with Gasteiger partial charge < -0.3 is 15.3 Å². The lowest BCUT2D eigenvalue weighted by molar-refractivity contribution is 0.0696. The molecule has 0 saturated heterocycles. The zero-order chi connectivity index (χ0) is 10.1. The minimum absolute atomic E-state index is 0. The van der Waals surface area contributed by atoms with Crippen LogP contribution in [0.15, 0.2) is 22.7 Å². The number of carbonyl (C=O) groups is 1. The number of hydrogen-bond donors (Lipinski definition) is 2. The standard InChI is InChI=1S/C9H8N2O3.ClH/c10-3-7-2-5-1-6(9(12)13)4-11-8(5)14-7;/h1-2,4H,3,10H2,(H,12,13);1H. The van der Waals surface area contributed by atoms with E-state index in [1.54, 1.807) is 6.07 Å². The number of rotatable bonds is 2. The number of carboxylic acid groups (broad SMARTS) is 1. The molecule has 80 valence electrons. The van der Waals surface area contributed by atoms with Crippen LogP contribution in [0.3, 0.4) is 0 Å². The normalized spacial score (nSPS) is 9.93. The van der Waals surface area contributed by atoms with Gasteiger partial charge in [-0.25, -0.2) is 9.78 Å². The van der Waals surface area contributed by atoms with E-state index in [9.17, 15) is 4.79 Å². The summed E-state index contributed by atoms with van der Waals surface area (Å²) in [5.41, 5.74) is 5.93. The zero-order valence-electron chi connectivity index (χ0n) is 7.64. The van der Waals surface area contributed by atoms with Crippen molar-refractivity contribution in [1.29, 1.82) is 0 Å². The van der Waals surface area contributed by atoms with E-state index in [0.29, 0.717) is 16.9 Å². The molecule has 0 amide bonds. The maximum atomic E-state index is 10.6. The predicted octanol–water partition coefficient (Wildman–Crippen LogP) is 1.41. The fraction of sp³-hybridized carbons (Fsp3) is 0.111. The van der Waals surface area contributed by atoms with Crippen LogP contribution in [-0.2, 0) is 6.54 Å². The first-order chi connectivity index (χ1) is 6.70. The molecule has 2 aromatic rings. The fourth-order valence-corrected chi connectivity index (χ4v) is 1.20. The molecule has 0 radical (unpaired) electrons. The minimum Gasteiger partial charge on any atom is -0.478 e. The topological polar surface area (TPSA) is 89.4 Å². The average molecular weight is 229 g/mol. The monoisotopic (exact) mass is 228 g/mol. The maximum Gasteiger partial charge on any atom is 0.337 e. The Labute approximate surface area is 91.3 Å². The van der Waals surface area contributed by atoms with Crippen molar-refractivity contribution in [2.45, 2.75) is 6.54 Å². The molecule has 2 heterocycles. The number of nitrogens with zero attached hydrogens (tertiary/aromatic N) is 1. The van der Waals surface area contributed by atoms with E-state index in [4.69, 9.17) is 15.3 Å². The summed E-state index contributed by atoms with van der Waals surface area (Å²) < 4.78 is 5.22. The van der Waals surface area contributed by atoms with E-state index < -0.39 is 5.97 Å². The zero-order valence-corrected chi connectivity index (χ0v) is 8.45. The SMILES string of the molecule is Cl.NCc1cc2cc(C(=O)O)cnc2o1. The van der Waals surface area contributed by atoms with Gasteiger partial charge in [0.1, 0.15) is 5.76 Å². The summed E-state index contributed by atoms with van der Waals surface area (Å²) in [5.74, 6) is -0.412. The molecule has 0 bridgehead atoms. The van der Waals surface area contributed by atoms with Gasteiger partial charge in [0.25, 0.3) is 0 Å². The van der Waals surface area contributed by atoms with E-state index in [1.165, 1.54) is 12.3 Å². The van der Waals surface area contributed by atoms with Crippen LogP contribution in [-0.4, -0.2) is 16.1 Å². The molecule has 2 aromatic heterocycles. The fourth-order valence-electron chi connectivity index (χ4n) is 1.20. The molecule has 0 spiro atoms. The van der Waals surface area contributed by atoms with Crippen molar-refractivity contribution in [2.24, 2.45) is 5.73 Å². The Morgan fingerprint density at radius 2 is 2.27 bits per heavy atom. The molecule has 0 atom stereocenters. The van der Waals surface area contributed by atoms with Crippen LogP contribution >= 0.6 is 12.4 Å². The summed E-state index contributed by atoms with van der Waals surface area (Å²) in [6, 6.07) is 3.20. The van der Waals surface area contributed by atoms with Crippen LogP contribution in [0, 0.1) is 0 Å². The number of aromatic carboxylic acids is 1. The van der Waals surface area contributed by atoms with Gasteiger partial charge in [-0.05, 0) is 12.1 Å². The Bertz CT molecular complexity index is 495. The van der Waals surface area contributed by atoms with Crippen molar-refractivity contribution in [2.75, 3.05) is 0 Å². The molecule has 0 aliphatic rings. The van der Waals surface area contributed by atoms with Gasteiger partial charge in [-0.15, -0.1) is 12.4 Å². The molecule has 0 fully saturated rings. The predicted molar refractivity (Wildman–Crippen MR) is 56.1 cm³/mol. The Kier molecular flexibility index (Phi) is 3.28. The number of furan rings is 1. The van der Waals surface area contributed by atoms with E-state index in [-0.39, 0.29) is 24.5 Å². The second-order valence-electron chi connectivity index (χ2n) is 2.84. The molecule has 0 unspecified atom stereocenters. The number of fused-ring (bicyclic) bond motifs is 1. The number of hydrogen-bond acceptors (Lipinski definition) is 4. The number of carboxylic acids is 1. The van der Waals surface area contributed by atoms with Crippen LogP contribution < -0.4 is 5.73 Å². The number of nitrogens with two attached hydrogens (primary N) is 1. The summed E-state index contributed by atoms with van der Waals surface area (Å²) in [6.07, 6.45) is 1.26. The van der Waals surface area contributed by atoms with Gasteiger partial charge in [0.2, 0.25) is 5.71 Å². The summed E-state index contributed by atoms with van der Waals surface area (Å²) in [7, 11) is 0. The lowest BCUT2D eigenvalue weighted by atomic mass is 10.2. The highest BCUT2D eigenvalue weighted by atomic mass is 35.5. The third-order valence-electron chi connectivity index (χ3n) is 1.87. The third kappa shape index (κ3) is 2.08. The van der Waals surface area contributed by atoms with Gasteiger partial charge in [-0.2, -0.15) is 0 Å². The van der Waals surface area contributed by atoms with E-state index in [0.717, 1.165) is 0 Å². The second-order valence-corrected chi connectivity index (χ2v) is 2.84. The van der Waals surface area contributed by atoms with Gasteiger partial charge in [0.15, 0.2) is 0 Å². The maximum absolute atomic E-state index is 10.6. The quantitative estimate of drug-likeness (QED) is 0.811. The highest BCUT2D eigenvalue weighted by molar-refractivity contribution is 5.91. The molecule has 0 aromatic carbocycles. The molecule has 6 heteroatoms. The highest BCUT2D eigenvalue weighted by Crippen LogP contribution is 2.17. The summed E-state index contributed by atoms with van der Waals surface area (Å²) >= 11 is 0. The number of pyridine rings is 1. The summed E-state index contributed by atoms with van der Waals surface area (Å²) in [6.45, 7) is 0.277. The Balaban J connectivity index is 0.00000112. The first-order valence-electron chi connectivity index (χ1n) is 4.02. The van der Waals surface area contributed by atoms with E-state index >= 15 is 0 Å². The number of halogens is 1. The molecule has 3 N–H and O–H groups in total. The van der Waals surface area contributed by atoms with Crippen LogP contribution in [0.4, 0.5) is 0 Å². The molecule has 2 rings (SSSR count). The molecular formula is C9H9ClN2O3. The van der Waals surface area contributed by atoms with Crippen molar-refractivity contribution in [3.63, 3.8) is 0 Å². The largest absolute Gasteiger partial charge is 0.478 e. The minimum atomic E-state index is -1.00. The van der Waals surface area contributed by atoms with Crippen molar-refractivity contribution in [1.82, 2.24) is 4.98 Å². The van der Waals surface area contributed by atoms with Crippen molar-refractivity contribution < 1.29 is 14.3 Å². The molecule has 15 heavy (non-hydrogen) atoms. The van der Waals surface area contributed by atoms with E-state index in [2.05, 4.69) is 4.98 Å². The van der Waals surface area contributed by atoms with Crippen LogP contribution in [0.1, 0.15) is 16.1 Å². The van der Waals surface area contributed by atoms with Crippen LogP contribution in [0.2, 0.25) is 0 Å². The second kappa shape index (κ2) is 4.29. The molecule has 5 nitrogen and oxygen atoms in total. The number of aromatic nitrogens is 1. The van der Waals surface area contributed by atoms with Gasteiger partial charge in [0, 0.05) is 11.6 Å². The first-order valence-corrected chi connectivity index (χ1v) is 4.02. The van der Waals surface area contributed by atoms with Gasteiger partial charge in [-0.3, -0.25) is 0 Å². The van der Waals surface area contributed by atoms with Gasteiger partial charge in [0.05, 0.1) is 12.1 Å². The lowest BCUT2D eigenvalue weighted by Crippen LogP contribution is -1.95. The van der Waals surface area contributed by atoms with E-state index in [1.807, 2.05) is 0 Å². The van der Waals surface area contributed by atoms with Crippen LogP contribution in [0.5, 0.6) is 0 Å². The van der Waals surface area contributed by atoms with Crippen molar-refractivity contribution in [3.05, 3.63) is 29.7 Å². The average Bonchev–Trinajstić information content (AvgIpc) is 2.58.